The van der Waals surface area contributed by atoms with E-state index in [-0.39, 0.29) is 17.2 Å². The van der Waals surface area contributed by atoms with Crippen molar-refractivity contribution in [2.75, 3.05) is 0 Å². The second-order valence-electron chi connectivity index (χ2n) is 4.07. The molecule has 0 fully saturated rings. The molecule has 7 heteroatoms. The Hall–Kier alpha value is -2.57. The minimum atomic E-state index is -1.27. The van der Waals surface area contributed by atoms with Crippen molar-refractivity contribution < 1.29 is 23.4 Å². The maximum absolute atomic E-state index is 13.5. The first-order chi connectivity index (χ1) is 9.40. The molecule has 0 saturated carbocycles. The number of aromatic carboxylic acids is 1. The van der Waals surface area contributed by atoms with Crippen LogP contribution in [-0.2, 0) is 0 Å². The molecular weight excluding hydrogens is 270 g/mol. The summed E-state index contributed by atoms with van der Waals surface area (Å²) in [4.78, 5) is 11.2. The maximum Gasteiger partial charge on any atom is 0.341 e. The molecular formula is C13H10F2N2O3. The Labute approximate surface area is 112 Å². The zero-order valence-corrected chi connectivity index (χ0v) is 10.6. The summed E-state index contributed by atoms with van der Waals surface area (Å²) in [6, 6.07) is 2.67. The number of carbonyl (C=O) groups is 1. The molecule has 0 spiro atoms. The smallest absolute Gasteiger partial charge is 0.341 e. The highest BCUT2D eigenvalue weighted by Crippen LogP contribution is 2.28. The van der Waals surface area contributed by atoms with E-state index in [0.29, 0.717) is 17.3 Å². The van der Waals surface area contributed by atoms with Crippen molar-refractivity contribution in [2.24, 2.45) is 0 Å². The average molecular weight is 280 g/mol. The predicted molar refractivity (Wildman–Crippen MR) is 64.9 cm³/mol. The Bertz CT molecular complexity index is 690. The molecule has 0 bridgehead atoms. The summed E-state index contributed by atoms with van der Waals surface area (Å²) in [5.41, 5.74) is 0.584. The van der Waals surface area contributed by atoms with Gasteiger partial charge < -0.3 is 9.84 Å². The van der Waals surface area contributed by atoms with Gasteiger partial charge in [0, 0.05) is 6.07 Å². The Morgan fingerprint density at radius 2 is 1.95 bits per heavy atom. The topological polar surface area (TPSA) is 72.3 Å². The van der Waals surface area contributed by atoms with Gasteiger partial charge in [0.05, 0.1) is 5.69 Å². The van der Waals surface area contributed by atoms with E-state index in [1.165, 1.54) is 0 Å². The van der Waals surface area contributed by atoms with Gasteiger partial charge in [-0.15, -0.1) is 5.10 Å². The van der Waals surface area contributed by atoms with Crippen molar-refractivity contribution in [3.8, 4) is 11.6 Å². The van der Waals surface area contributed by atoms with Gasteiger partial charge in [-0.25, -0.2) is 13.6 Å². The number of aryl methyl sites for hydroxylation is 1. The maximum atomic E-state index is 13.5. The van der Waals surface area contributed by atoms with Crippen LogP contribution in [0.2, 0.25) is 0 Å². The van der Waals surface area contributed by atoms with Gasteiger partial charge in [-0.3, -0.25) is 0 Å². The number of ether oxygens (including phenoxy) is 1. The van der Waals surface area contributed by atoms with E-state index in [9.17, 15) is 13.6 Å². The molecule has 0 aliphatic heterocycles. The SMILES string of the molecule is Cc1nnc(Oc2ccc(F)cc2F)c(C(=O)O)c1C. The Balaban J connectivity index is 2.48. The molecule has 0 atom stereocenters. The summed E-state index contributed by atoms with van der Waals surface area (Å²) >= 11 is 0. The summed E-state index contributed by atoms with van der Waals surface area (Å²) in [7, 11) is 0. The van der Waals surface area contributed by atoms with Crippen molar-refractivity contribution in [3.63, 3.8) is 0 Å². The van der Waals surface area contributed by atoms with E-state index in [2.05, 4.69) is 10.2 Å². The first-order valence-electron chi connectivity index (χ1n) is 5.60. The van der Waals surface area contributed by atoms with E-state index < -0.39 is 17.6 Å². The number of aromatic nitrogens is 2. The Kier molecular flexibility index (Phi) is 3.60. The summed E-state index contributed by atoms with van der Waals surface area (Å²) in [5.74, 6) is -3.66. The van der Waals surface area contributed by atoms with Crippen LogP contribution in [0.5, 0.6) is 11.6 Å². The highest BCUT2D eigenvalue weighted by atomic mass is 19.1. The number of hydrogen-bond acceptors (Lipinski definition) is 4. The fraction of sp³-hybridized carbons (Fsp3) is 0.154. The molecule has 1 aromatic heterocycles. The fourth-order valence-electron chi connectivity index (χ4n) is 1.57. The Morgan fingerprint density at radius 1 is 1.25 bits per heavy atom. The van der Waals surface area contributed by atoms with Gasteiger partial charge in [-0.05, 0) is 31.5 Å². The van der Waals surface area contributed by atoms with Crippen LogP contribution in [0.25, 0.3) is 0 Å². The largest absolute Gasteiger partial charge is 0.477 e. The average Bonchev–Trinajstić information content (AvgIpc) is 2.36. The number of nitrogens with zero attached hydrogens (tertiary/aromatic N) is 2. The summed E-state index contributed by atoms with van der Waals surface area (Å²) in [6.45, 7) is 3.14. The number of halogens is 2. The van der Waals surface area contributed by atoms with Gasteiger partial charge in [0.2, 0.25) is 0 Å². The van der Waals surface area contributed by atoms with Crippen LogP contribution in [0.15, 0.2) is 18.2 Å². The number of hydrogen-bond donors (Lipinski definition) is 1. The first kappa shape index (κ1) is 13.9. The first-order valence-corrected chi connectivity index (χ1v) is 5.60. The molecule has 1 aromatic carbocycles. The molecule has 2 aromatic rings. The molecule has 104 valence electrons. The minimum absolute atomic E-state index is 0.207. The third-order valence-electron chi connectivity index (χ3n) is 2.74. The standard InChI is InChI=1S/C13H10F2N2O3/c1-6-7(2)16-17-12(11(6)13(18)19)20-10-4-3-8(14)5-9(10)15/h3-5H,1-2H3,(H,18,19). The number of carboxylic acid groups (broad SMARTS) is 1. The monoisotopic (exact) mass is 280 g/mol. The second-order valence-corrected chi connectivity index (χ2v) is 4.07. The molecule has 5 nitrogen and oxygen atoms in total. The van der Waals surface area contributed by atoms with E-state index in [4.69, 9.17) is 9.84 Å². The predicted octanol–water partition coefficient (Wildman–Crippen LogP) is 2.86. The molecule has 0 saturated heterocycles. The van der Waals surface area contributed by atoms with E-state index >= 15 is 0 Å². The second kappa shape index (κ2) is 5.20. The van der Waals surface area contributed by atoms with E-state index in [1.54, 1.807) is 13.8 Å². The van der Waals surface area contributed by atoms with Gasteiger partial charge in [-0.2, -0.15) is 5.10 Å². The molecule has 0 aliphatic carbocycles. The fourth-order valence-corrected chi connectivity index (χ4v) is 1.57. The minimum Gasteiger partial charge on any atom is -0.477 e. The lowest BCUT2D eigenvalue weighted by atomic mass is 10.1. The third-order valence-corrected chi connectivity index (χ3v) is 2.74. The summed E-state index contributed by atoms with van der Waals surface area (Å²) in [5, 5.41) is 16.5. The zero-order valence-electron chi connectivity index (χ0n) is 10.6. The normalized spacial score (nSPS) is 10.4. The van der Waals surface area contributed by atoms with Gasteiger partial charge in [-0.1, -0.05) is 0 Å². The van der Waals surface area contributed by atoms with Crippen LogP contribution < -0.4 is 4.74 Å². The molecule has 2 rings (SSSR count). The molecule has 0 radical (unpaired) electrons. The van der Waals surface area contributed by atoms with Crippen LogP contribution in [-0.4, -0.2) is 21.3 Å². The van der Waals surface area contributed by atoms with Gasteiger partial charge in [0.15, 0.2) is 11.6 Å². The number of carboxylic acids is 1. The van der Waals surface area contributed by atoms with Crippen LogP contribution in [0, 0.1) is 25.5 Å². The molecule has 1 heterocycles. The lowest BCUT2D eigenvalue weighted by Crippen LogP contribution is -2.08. The molecule has 0 aliphatic rings. The van der Waals surface area contributed by atoms with Crippen LogP contribution in [0.4, 0.5) is 8.78 Å². The van der Waals surface area contributed by atoms with E-state index in [1.807, 2.05) is 0 Å². The third kappa shape index (κ3) is 2.56. The van der Waals surface area contributed by atoms with E-state index in [0.717, 1.165) is 12.1 Å². The van der Waals surface area contributed by atoms with Crippen LogP contribution in [0.3, 0.4) is 0 Å². The highest BCUT2D eigenvalue weighted by Gasteiger charge is 2.20. The van der Waals surface area contributed by atoms with Crippen LogP contribution >= 0.6 is 0 Å². The van der Waals surface area contributed by atoms with Gasteiger partial charge in [0.25, 0.3) is 5.88 Å². The quantitative estimate of drug-likeness (QED) is 0.935. The molecule has 20 heavy (non-hydrogen) atoms. The highest BCUT2D eigenvalue weighted by molar-refractivity contribution is 5.92. The van der Waals surface area contributed by atoms with Crippen LogP contribution in [0.1, 0.15) is 21.6 Å². The summed E-state index contributed by atoms with van der Waals surface area (Å²) in [6.07, 6.45) is 0. The van der Waals surface area contributed by atoms with Crippen molar-refractivity contribution in [1.82, 2.24) is 10.2 Å². The lowest BCUT2D eigenvalue weighted by Gasteiger charge is -2.10. The lowest BCUT2D eigenvalue weighted by molar-refractivity contribution is 0.0691. The molecule has 0 unspecified atom stereocenters. The number of benzene rings is 1. The van der Waals surface area contributed by atoms with Crippen molar-refractivity contribution >= 4 is 5.97 Å². The Morgan fingerprint density at radius 3 is 2.55 bits per heavy atom. The number of rotatable bonds is 3. The van der Waals surface area contributed by atoms with Crippen molar-refractivity contribution in [3.05, 3.63) is 46.7 Å². The summed E-state index contributed by atoms with van der Waals surface area (Å²) < 4.78 is 31.4. The van der Waals surface area contributed by atoms with Gasteiger partial charge in [0.1, 0.15) is 11.4 Å². The molecule has 0 amide bonds. The zero-order chi connectivity index (χ0) is 14.9. The van der Waals surface area contributed by atoms with Crippen molar-refractivity contribution in [1.29, 1.82) is 0 Å². The van der Waals surface area contributed by atoms with Gasteiger partial charge >= 0.3 is 5.97 Å². The molecule has 1 N–H and O–H groups in total. The van der Waals surface area contributed by atoms with Crippen molar-refractivity contribution in [2.45, 2.75) is 13.8 Å².